The molecule has 0 spiro atoms. The van der Waals surface area contributed by atoms with Crippen molar-refractivity contribution in [2.45, 2.75) is 18.6 Å². The third kappa shape index (κ3) is 2.26. The first kappa shape index (κ1) is 13.9. The van der Waals surface area contributed by atoms with Gasteiger partial charge in [0.25, 0.3) is 0 Å². The van der Waals surface area contributed by atoms with Gasteiger partial charge < -0.3 is 14.8 Å². The molecule has 0 radical (unpaired) electrons. The van der Waals surface area contributed by atoms with Gasteiger partial charge in [0.1, 0.15) is 5.75 Å². The van der Waals surface area contributed by atoms with Crippen LogP contribution in [0.4, 0.5) is 0 Å². The number of aromatic nitrogens is 1. The Morgan fingerprint density at radius 2 is 1.86 bits per heavy atom. The fourth-order valence-corrected chi connectivity index (χ4v) is 3.68. The van der Waals surface area contributed by atoms with Crippen LogP contribution in [0.3, 0.4) is 0 Å². The van der Waals surface area contributed by atoms with E-state index in [1.165, 1.54) is 0 Å². The second-order valence-electron chi connectivity index (χ2n) is 5.49. The molecule has 3 nitrogen and oxygen atoms in total. The predicted octanol–water partition coefficient (Wildman–Crippen LogP) is 4.71. The zero-order chi connectivity index (χ0) is 15.3. The lowest BCUT2D eigenvalue weighted by Crippen LogP contribution is -2.25. The van der Waals surface area contributed by atoms with Gasteiger partial charge in [-0.15, -0.1) is 0 Å². The molecule has 1 aromatic heterocycles. The molecule has 1 aliphatic heterocycles. The van der Waals surface area contributed by atoms with Crippen LogP contribution in [0.15, 0.2) is 42.6 Å². The monoisotopic (exact) mass is 333 g/mol. The van der Waals surface area contributed by atoms with Crippen LogP contribution >= 0.6 is 23.2 Å². The summed E-state index contributed by atoms with van der Waals surface area (Å²) in [6.07, 6.45) is 1.48. The van der Waals surface area contributed by atoms with Gasteiger partial charge in [0.15, 0.2) is 6.29 Å². The minimum atomic E-state index is -0.851. The molecule has 112 valence electrons. The zero-order valence-electron chi connectivity index (χ0n) is 11.5. The van der Waals surface area contributed by atoms with Gasteiger partial charge in [-0.25, -0.2) is 0 Å². The smallest absolute Gasteiger partial charge is 0.198 e. The van der Waals surface area contributed by atoms with Gasteiger partial charge in [-0.2, -0.15) is 0 Å². The molecule has 0 saturated carbocycles. The summed E-state index contributed by atoms with van der Waals surface area (Å²) >= 11 is 12.3. The average molecular weight is 334 g/mol. The lowest BCUT2D eigenvalue weighted by atomic mass is 9.85. The molecular weight excluding hydrogens is 321 g/mol. The Morgan fingerprint density at radius 3 is 2.64 bits per heavy atom. The Hall–Kier alpha value is -1.68. The maximum atomic E-state index is 10.1. The van der Waals surface area contributed by atoms with Crippen molar-refractivity contribution in [1.82, 2.24) is 4.98 Å². The lowest BCUT2D eigenvalue weighted by Gasteiger charge is -2.30. The van der Waals surface area contributed by atoms with E-state index in [0.717, 1.165) is 27.8 Å². The fourth-order valence-electron chi connectivity index (χ4n) is 3.13. The number of ether oxygens (including phenoxy) is 1. The highest BCUT2D eigenvalue weighted by atomic mass is 35.5. The molecular formula is C17H13Cl2NO2. The number of halogens is 2. The van der Waals surface area contributed by atoms with E-state index in [4.69, 9.17) is 27.9 Å². The Kier molecular flexibility index (Phi) is 3.30. The van der Waals surface area contributed by atoms with Gasteiger partial charge in [0, 0.05) is 45.0 Å². The molecule has 0 unspecified atom stereocenters. The summed E-state index contributed by atoms with van der Waals surface area (Å²) in [5, 5.41) is 12.3. The number of H-pyrrole nitrogens is 1. The Balaban J connectivity index is 1.91. The molecule has 5 heteroatoms. The van der Waals surface area contributed by atoms with Crippen LogP contribution in [-0.4, -0.2) is 16.4 Å². The lowest BCUT2D eigenvalue weighted by molar-refractivity contribution is -0.0346. The normalized spacial score (nSPS) is 20.7. The van der Waals surface area contributed by atoms with Crippen molar-refractivity contribution in [2.75, 3.05) is 0 Å². The predicted molar refractivity (Wildman–Crippen MR) is 87.9 cm³/mol. The Morgan fingerprint density at radius 1 is 1.09 bits per heavy atom. The van der Waals surface area contributed by atoms with Crippen LogP contribution < -0.4 is 4.74 Å². The Labute approximate surface area is 137 Å². The van der Waals surface area contributed by atoms with Crippen molar-refractivity contribution in [1.29, 1.82) is 0 Å². The third-order valence-electron chi connectivity index (χ3n) is 4.07. The minimum Gasteiger partial charge on any atom is -0.464 e. The zero-order valence-corrected chi connectivity index (χ0v) is 13.0. The van der Waals surface area contributed by atoms with Crippen LogP contribution in [0.2, 0.25) is 10.0 Å². The molecule has 3 aromatic rings. The summed E-state index contributed by atoms with van der Waals surface area (Å²) in [5.41, 5.74) is 3.00. The van der Waals surface area contributed by atoms with Gasteiger partial charge in [-0.1, -0.05) is 29.3 Å². The average Bonchev–Trinajstić information content (AvgIpc) is 2.94. The van der Waals surface area contributed by atoms with Crippen molar-refractivity contribution >= 4 is 34.1 Å². The van der Waals surface area contributed by atoms with Gasteiger partial charge in [-0.3, -0.25) is 0 Å². The fraction of sp³-hybridized carbons (Fsp3) is 0.176. The van der Waals surface area contributed by atoms with Gasteiger partial charge >= 0.3 is 0 Å². The van der Waals surface area contributed by atoms with Crippen molar-refractivity contribution < 1.29 is 9.84 Å². The summed E-state index contributed by atoms with van der Waals surface area (Å²) in [6, 6.07) is 11.5. The third-order valence-corrected chi connectivity index (χ3v) is 4.51. The number of nitrogens with one attached hydrogen (secondary N) is 1. The number of hydrogen-bond donors (Lipinski definition) is 2. The first-order valence-electron chi connectivity index (χ1n) is 7.02. The topological polar surface area (TPSA) is 45.2 Å². The van der Waals surface area contributed by atoms with E-state index in [1.54, 1.807) is 6.07 Å². The summed E-state index contributed by atoms with van der Waals surface area (Å²) in [7, 11) is 0. The van der Waals surface area contributed by atoms with E-state index in [0.29, 0.717) is 16.5 Å². The van der Waals surface area contributed by atoms with Crippen LogP contribution in [0.5, 0.6) is 5.75 Å². The molecule has 0 saturated heterocycles. The number of aromatic amines is 1. The molecule has 1 aliphatic rings. The van der Waals surface area contributed by atoms with E-state index < -0.39 is 6.29 Å². The summed E-state index contributed by atoms with van der Waals surface area (Å²) in [6.45, 7) is 0. The maximum absolute atomic E-state index is 10.1. The number of hydrogen-bond acceptors (Lipinski definition) is 2. The molecule has 0 aliphatic carbocycles. The summed E-state index contributed by atoms with van der Waals surface area (Å²) < 4.78 is 5.69. The molecule has 0 fully saturated rings. The molecule has 0 bridgehead atoms. The highest BCUT2D eigenvalue weighted by Crippen LogP contribution is 2.44. The SMILES string of the molecule is O[C@@H]1C[C@@H](c2cc(Cl)cc(Cl)c2)c2ccc3[nH]ccc3c2O1. The summed E-state index contributed by atoms with van der Waals surface area (Å²) in [5.74, 6) is 0.716. The van der Waals surface area contributed by atoms with Crippen molar-refractivity contribution in [2.24, 2.45) is 0 Å². The Bertz CT molecular complexity index is 839. The van der Waals surface area contributed by atoms with Gasteiger partial charge in [0.05, 0.1) is 0 Å². The van der Waals surface area contributed by atoms with Crippen molar-refractivity contribution in [3.05, 3.63) is 63.8 Å². The standard InChI is InChI=1S/C17H13Cl2NO2/c18-10-5-9(6-11(19)7-10)14-8-16(21)22-17-12(14)1-2-15-13(17)3-4-20-15/h1-7,14,16,20-21H,8H2/t14-,16-/m0/s1. The summed E-state index contributed by atoms with van der Waals surface area (Å²) in [4.78, 5) is 3.15. The minimum absolute atomic E-state index is 0.00532. The first-order valence-corrected chi connectivity index (χ1v) is 7.78. The van der Waals surface area contributed by atoms with E-state index in [1.807, 2.05) is 36.5 Å². The molecule has 2 aromatic carbocycles. The number of fused-ring (bicyclic) bond motifs is 3. The molecule has 0 amide bonds. The molecule has 2 atom stereocenters. The van der Waals surface area contributed by atoms with Crippen molar-refractivity contribution in [3.8, 4) is 5.75 Å². The van der Waals surface area contributed by atoms with Crippen LogP contribution in [0, 0.1) is 0 Å². The van der Waals surface area contributed by atoms with Crippen LogP contribution in [0.25, 0.3) is 10.9 Å². The largest absolute Gasteiger partial charge is 0.464 e. The number of aliphatic hydroxyl groups excluding tert-OH is 1. The molecule has 2 heterocycles. The van der Waals surface area contributed by atoms with Crippen LogP contribution in [-0.2, 0) is 0 Å². The van der Waals surface area contributed by atoms with E-state index in [-0.39, 0.29) is 5.92 Å². The number of benzene rings is 2. The number of rotatable bonds is 1. The van der Waals surface area contributed by atoms with E-state index in [2.05, 4.69) is 4.98 Å². The van der Waals surface area contributed by atoms with E-state index in [9.17, 15) is 5.11 Å². The van der Waals surface area contributed by atoms with Gasteiger partial charge in [-0.05, 0) is 35.9 Å². The maximum Gasteiger partial charge on any atom is 0.198 e. The highest BCUT2D eigenvalue weighted by Gasteiger charge is 2.30. The highest BCUT2D eigenvalue weighted by molar-refractivity contribution is 6.34. The van der Waals surface area contributed by atoms with Gasteiger partial charge in [0.2, 0.25) is 0 Å². The van der Waals surface area contributed by atoms with E-state index >= 15 is 0 Å². The molecule has 4 rings (SSSR count). The second-order valence-corrected chi connectivity index (χ2v) is 6.36. The quantitative estimate of drug-likeness (QED) is 0.677. The number of aliphatic hydroxyl groups is 1. The second kappa shape index (κ2) is 5.20. The van der Waals surface area contributed by atoms with Crippen molar-refractivity contribution in [3.63, 3.8) is 0 Å². The molecule has 2 N–H and O–H groups in total. The first-order chi connectivity index (χ1) is 10.6. The van der Waals surface area contributed by atoms with Crippen LogP contribution in [0.1, 0.15) is 23.5 Å². The molecule has 22 heavy (non-hydrogen) atoms.